The van der Waals surface area contributed by atoms with Crippen LogP contribution in [0.2, 0.25) is 0 Å². The molecule has 1 heterocycles. The molecule has 1 fully saturated rings. The van der Waals surface area contributed by atoms with Crippen LogP contribution in [0.5, 0.6) is 0 Å². The molecule has 2 heteroatoms. The van der Waals surface area contributed by atoms with Crippen molar-refractivity contribution in [2.75, 3.05) is 6.61 Å². The van der Waals surface area contributed by atoms with Crippen LogP contribution in [-0.2, 0) is 11.2 Å². The molecule has 0 saturated carbocycles. The molecule has 1 saturated heterocycles. The highest BCUT2D eigenvalue weighted by atomic mass is 16.5. The van der Waals surface area contributed by atoms with E-state index >= 15 is 0 Å². The number of hydrogen-bond acceptors (Lipinski definition) is 2. The summed E-state index contributed by atoms with van der Waals surface area (Å²) >= 11 is 0. The molecule has 20 heavy (non-hydrogen) atoms. The number of hydrogen-bond donors (Lipinski definition) is 1. The summed E-state index contributed by atoms with van der Waals surface area (Å²) in [6, 6.07) is 4.42. The first-order valence-corrected chi connectivity index (χ1v) is 7.70. The maximum Gasteiger partial charge on any atom is 0.0737 e. The van der Waals surface area contributed by atoms with Gasteiger partial charge in [0.2, 0.25) is 0 Å². The fourth-order valence-electron chi connectivity index (χ4n) is 3.52. The lowest BCUT2D eigenvalue weighted by Crippen LogP contribution is -2.48. The van der Waals surface area contributed by atoms with Gasteiger partial charge in [-0.15, -0.1) is 0 Å². The van der Waals surface area contributed by atoms with Gasteiger partial charge in [-0.3, -0.25) is 0 Å². The summed E-state index contributed by atoms with van der Waals surface area (Å²) in [6.45, 7) is 11.3. The van der Waals surface area contributed by atoms with E-state index in [-0.39, 0.29) is 5.60 Å². The van der Waals surface area contributed by atoms with Gasteiger partial charge in [-0.2, -0.15) is 0 Å². The third kappa shape index (κ3) is 3.24. The van der Waals surface area contributed by atoms with Gasteiger partial charge in [-0.1, -0.05) is 24.6 Å². The van der Waals surface area contributed by atoms with Crippen molar-refractivity contribution in [2.45, 2.75) is 71.5 Å². The lowest BCUT2D eigenvalue weighted by molar-refractivity contribution is -0.153. The molecule has 1 aliphatic heterocycles. The Morgan fingerprint density at radius 2 is 1.80 bits per heavy atom. The molecular formula is C18H28O2. The van der Waals surface area contributed by atoms with E-state index in [1.165, 1.54) is 22.3 Å². The van der Waals surface area contributed by atoms with E-state index in [9.17, 15) is 5.11 Å². The fraction of sp³-hybridized carbons (Fsp3) is 0.667. The second-order valence-electron chi connectivity index (χ2n) is 6.86. The second-order valence-corrected chi connectivity index (χ2v) is 6.86. The van der Waals surface area contributed by atoms with Gasteiger partial charge >= 0.3 is 0 Å². The number of aliphatic hydroxyl groups is 1. The summed E-state index contributed by atoms with van der Waals surface area (Å²) < 4.78 is 5.87. The van der Waals surface area contributed by atoms with Crippen LogP contribution in [0.15, 0.2) is 12.1 Å². The van der Waals surface area contributed by atoms with Crippen molar-refractivity contribution >= 4 is 0 Å². The average molecular weight is 276 g/mol. The molecule has 2 nitrogen and oxygen atoms in total. The van der Waals surface area contributed by atoms with Crippen molar-refractivity contribution in [1.82, 2.24) is 0 Å². The standard InChI is InChI=1S/C18H28O2/c1-6-17(5)12-18(19,7-8-20-17)11-16-14(3)9-13(2)10-15(16)4/h9-10,19H,6-8,11-12H2,1-5H3. The van der Waals surface area contributed by atoms with Crippen molar-refractivity contribution in [3.8, 4) is 0 Å². The van der Waals surface area contributed by atoms with Crippen molar-refractivity contribution in [2.24, 2.45) is 0 Å². The maximum atomic E-state index is 11.0. The molecule has 0 amide bonds. The van der Waals surface area contributed by atoms with Gasteiger partial charge in [0.15, 0.2) is 0 Å². The molecule has 1 aromatic rings. The zero-order chi connectivity index (χ0) is 15.0. The van der Waals surface area contributed by atoms with Gasteiger partial charge in [-0.05, 0) is 57.2 Å². The Kier molecular flexibility index (Phi) is 4.27. The largest absolute Gasteiger partial charge is 0.389 e. The van der Waals surface area contributed by atoms with E-state index in [1.807, 2.05) is 0 Å². The number of rotatable bonds is 3. The predicted molar refractivity (Wildman–Crippen MR) is 83.2 cm³/mol. The Balaban J connectivity index is 2.25. The number of ether oxygens (including phenoxy) is 1. The Bertz CT molecular complexity index is 471. The summed E-state index contributed by atoms with van der Waals surface area (Å²) in [4.78, 5) is 0. The third-order valence-electron chi connectivity index (χ3n) is 4.82. The maximum absolute atomic E-state index is 11.0. The second kappa shape index (κ2) is 5.50. The van der Waals surface area contributed by atoms with Gasteiger partial charge in [0.1, 0.15) is 0 Å². The predicted octanol–water partition coefficient (Wildman–Crippen LogP) is 3.86. The van der Waals surface area contributed by atoms with Gasteiger partial charge in [0.05, 0.1) is 17.8 Å². The summed E-state index contributed by atoms with van der Waals surface area (Å²) in [5.74, 6) is 0. The minimum Gasteiger partial charge on any atom is -0.389 e. The Labute approximate surface area is 123 Å². The van der Waals surface area contributed by atoms with Crippen LogP contribution in [0.3, 0.4) is 0 Å². The van der Waals surface area contributed by atoms with E-state index in [0.29, 0.717) is 6.61 Å². The van der Waals surface area contributed by atoms with Crippen LogP contribution in [0.4, 0.5) is 0 Å². The third-order valence-corrected chi connectivity index (χ3v) is 4.82. The monoisotopic (exact) mass is 276 g/mol. The van der Waals surface area contributed by atoms with Gasteiger partial charge in [0, 0.05) is 12.8 Å². The molecule has 112 valence electrons. The van der Waals surface area contributed by atoms with Crippen molar-refractivity contribution in [3.63, 3.8) is 0 Å². The SMILES string of the molecule is CCC1(C)CC(O)(Cc2c(C)cc(C)cc2C)CCO1. The Morgan fingerprint density at radius 3 is 2.35 bits per heavy atom. The van der Waals surface area contributed by atoms with Crippen LogP contribution in [0.25, 0.3) is 0 Å². The molecule has 0 bridgehead atoms. The quantitative estimate of drug-likeness (QED) is 0.908. The zero-order valence-corrected chi connectivity index (χ0v) is 13.5. The molecule has 2 atom stereocenters. The lowest BCUT2D eigenvalue weighted by atomic mass is 9.77. The van der Waals surface area contributed by atoms with Gasteiger partial charge < -0.3 is 9.84 Å². The van der Waals surface area contributed by atoms with Crippen LogP contribution in [-0.4, -0.2) is 22.9 Å². The van der Waals surface area contributed by atoms with Gasteiger partial charge in [0.25, 0.3) is 0 Å². The summed E-state index contributed by atoms with van der Waals surface area (Å²) in [7, 11) is 0. The number of aryl methyl sites for hydroxylation is 3. The summed E-state index contributed by atoms with van der Waals surface area (Å²) in [6.07, 6.45) is 3.14. The molecule has 2 rings (SSSR count). The van der Waals surface area contributed by atoms with Crippen LogP contribution >= 0.6 is 0 Å². The molecular weight excluding hydrogens is 248 g/mol. The first kappa shape index (κ1) is 15.5. The molecule has 0 aromatic heterocycles. The highest BCUT2D eigenvalue weighted by molar-refractivity contribution is 5.38. The van der Waals surface area contributed by atoms with Gasteiger partial charge in [-0.25, -0.2) is 0 Å². The minimum atomic E-state index is -0.631. The molecule has 2 unspecified atom stereocenters. The van der Waals surface area contributed by atoms with Crippen LogP contribution < -0.4 is 0 Å². The lowest BCUT2D eigenvalue weighted by Gasteiger charge is -2.43. The molecule has 1 aromatic carbocycles. The smallest absolute Gasteiger partial charge is 0.0737 e. The highest BCUT2D eigenvalue weighted by Gasteiger charge is 2.41. The van der Waals surface area contributed by atoms with E-state index < -0.39 is 5.60 Å². The topological polar surface area (TPSA) is 29.5 Å². The highest BCUT2D eigenvalue weighted by Crippen LogP contribution is 2.37. The first-order chi connectivity index (χ1) is 9.27. The first-order valence-electron chi connectivity index (χ1n) is 7.70. The molecule has 1 aliphatic rings. The summed E-state index contributed by atoms with van der Waals surface area (Å²) in [5, 5.41) is 11.0. The Morgan fingerprint density at radius 1 is 1.20 bits per heavy atom. The molecule has 0 radical (unpaired) electrons. The van der Waals surface area contributed by atoms with Crippen molar-refractivity contribution < 1.29 is 9.84 Å². The van der Waals surface area contributed by atoms with Crippen molar-refractivity contribution in [1.29, 1.82) is 0 Å². The van der Waals surface area contributed by atoms with E-state index in [0.717, 1.165) is 25.7 Å². The molecule has 0 spiro atoms. The summed E-state index contributed by atoms with van der Waals surface area (Å²) in [5.41, 5.74) is 4.37. The van der Waals surface area contributed by atoms with Crippen LogP contribution in [0, 0.1) is 20.8 Å². The number of benzene rings is 1. The normalized spacial score (nSPS) is 30.5. The average Bonchev–Trinajstić information content (AvgIpc) is 2.34. The minimum absolute atomic E-state index is 0.181. The van der Waals surface area contributed by atoms with E-state index in [1.54, 1.807) is 0 Å². The van der Waals surface area contributed by atoms with Crippen molar-refractivity contribution in [3.05, 3.63) is 34.4 Å². The Hall–Kier alpha value is -0.860. The van der Waals surface area contributed by atoms with Crippen LogP contribution in [0.1, 0.15) is 55.4 Å². The van der Waals surface area contributed by atoms with E-state index in [4.69, 9.17) is 4.74 Å². The van der Waals surface area contributed by atoms with E-state index in [2.05, 4.69) is 46.8 Å². The zero-order valence-electron chi connectivity index (χ0n) is 13.5. The fourth-order valence-corrected chi connectivity index (χ4v) is 3.52. The molecule has 0 aliphatic carbocycles. The molecule has 1 N–H and O–H groups in total.